The summed E-state index contributed by atoms with van der Waals surface area (Å²) in [6.07, 6.45) is 1.91. The van der Waals surface area contributed by atoms with Gasteiger partial charge in [-0.05, 0) is 25.3 Å². The minimum absolute atomic E-state index is 0.189. The summed E-state index contributed by atoms with van der Waals surface area (Å²) in [6.45, 7) is 1.88. The number of aliphatic hydroxyl groups is 1. The van der Waals surface area contributed by atoms with Crippen LogP contribution in [0.5, 0.6) is 5.75 Å². The van der Waals surface area contributed by atoms with E-state index in [4.69, 9.17) is 4.74 Å². The average Bonchev–Trinajstić information content (AvgIpc) is 2.37. The lowest BCUT2D eigenvalue weighted by atomic mass is 10.1. The zero-order valence-corrected chi connectivity index (χ0v) is 12.2. The van der Waals surface area contributed by atoms with E-state index in [1.807, 2.05) is 18.4 Å². The van der Waals surface area contributed by atoms with E-state index in [-0.39, 0.29) is 12.6 Å². The first-order valence-corrected chi connectivity index (χ1v) is 7.27. The van der Waals surface area contributed by atoms with Gasteiger partial charge >= 0.3 is 6.03 Å². The Morgan fingerprint density at radius 1 is 1.47 bits per heavy atom. The molecule has 1 unspecified atom stereocenters. The van der Waals surface area contributed by atoms with E-state index in [0.717, 1.165) is 0 Å². The van der Waals surface area contributed by atoms with Crippen molar-refractivity contribution < 1.29 is 14.6 Å². The molecule has 1 rings (SSSR count). The summed E-state index contributed by atoms with van der Waals surface area (Å²) in [4.78, 5) is 11.7. The Morgan fingerprint density at radius 2 is 2.16 bits per heavy atom. The van der Waals surface area contributed by atoms with Crippen LogP contribution in [0.15, 0.2) is 24.3 Å². The number of para-hydroxylation sites is 2. The normalized spacial score (nSPS) is 13.5. The predicted octanol–water partition coefficient (Wildman–Crippen LogP) is 1.93. The molecule has 106 valence electrons. The molecule has 1 aromatic carbocycles. The summed E-state index contributed by atoms with van der Waals surface area (Å²) in [5.41, 5.74) is -0.329. The fraction of sp³-hybridized carbons (Fsp3) is 0.462. The molecular weight excluding hydrogens is 264 g/mol. The molecule has 1 atom stereocenters. The molecule has 0 aliphatic carbocycles. The van der Waals surface area contributed by atoms with Gasteiger partial charge in [0.05, 0.1) is 18.4 Å². The molecule has 0 saturated heterocycles. The van der Waals surface area contributed by atoms with Gasteiger partial charge in [0.25, 0.3) is 0 Å². The van der Waals surface area contributed by atoms with Gasteiger partial charge in [0.15, 0.2) is 0 Å². The molecule has 0 radical (unpaired) electrons. The molecule has 19 heavy (non-hydrogen) atoms. The minimum Gasteiger partial charge on any atom is -0.495 e. The maximum atomic E-state index is 11.7. The second-order valence-electron chi connectivity index (χ2n) is 4.44. The summed E-state index contributed by atoms with van der Waals surface area (Å²) in [6, 6.07) is 6.77. The van der Waals surface area contributed by atoms with Crippen molar-refractivity contribution in [1.82, 2.24) is 5.32 Å². The number of benzene rings is 1. The Balaban J connectivity index is 2.52. The smallest absolute Gasteiger partial charge is 0.319 e. The molecule has 0 spiro atoms. The van der Waals surface area contributed by atoms with Crippen molar-refractivity contribution in [2.24, 2.45) is 0 Å². The standard InChI is InChI=1S/C13H20N2O3S/c1-13(17,9-19-3)8-14-12(16)15-10-6-4-5-7-11(10)18-2/h4-7,17H,8-9H2,1-3H3,(H2,14,15,16). The lowest BCUT2D eigenvalue weighted by Crippen LogP contribution is -2.43. The Morgan fingerprint density at radius 3 is 2.79 bits per heavy atom. The predicted molar refractivity (Wildman–Crippen MR) is 79.0 cm³/mol. The van der Waals surface area contributed by atoms with Crippen molar-refractivity contribution >= 4 is 23.5 Å². The number of amides is 2. The van der Waals surface area contributed by atoms with E-state index < -0.39 is 5.60 Å². The second-order valence-corrected chi connectivity index (χ2v) is 5.30. The third-order valence-corrected chi connectivity index (χ3v) is 3.35. The Kier molecular flexibility index (Phi) is 5.98. The van der Waals surface area contributed by atoms with Crippen LogP contribution in [0.2, 0.25) is 0 Å². The number of ether oxygens (including phenoxy) is 1. The monoisotopic (exact) mass is 284 g/mol. The molecule has 2 amide bonds. The molecule has 3 N–H and O–H groups in total. The molecule has 5 nitrogen and oxygen atoms in total. The lowest BCUT2D eigenvalue weighted by Gasteiger charge is -2.22. The maximum absolute atomic E-state index is 11.7. The van der Waals surface area contributed by atoms with Crippen LogP contribution in [0.4, 0.5) is 10.5 Å². The summed E-state index contributed by atoms with van der Waals surface area (Å²) in [5, 5.41) is 15.3. The SMILES string of the molecule is COc1ccccc1NC(=O)NCC(C)(O)CSC. The summed E-state index contributed by atoms with van der Waals surface area (Å²) >= 11 is 1.53. The highest BCUT2D eigenvalue weighted by atomic mass is 32.2. The van der Waals surface area contributed by atoms with Crippen molar-refractivity contribution in [2.45, 2.75) is 12.5 Å². The van der Waals surface area contributed by atoms with Gasteiger partial charge in [-0.25, -0.2) is 4.79 Å². The van der Waals surface area contributed by atoms with Crippen LogP contribution in [0.3, 0.4) is 0 Å². The number of anilines is 1. The Bertz CT molecular complexity index is 424. The van der Waals surface area contributed by atoms with Crippen LogP contribution in [0.1, 0.15) is 6.92 Å². The highest BCUT2D eigenvalue weighted by Crippen LogP contribution is 2.22. The fourth-order valence-corrected chi connectivity index (χ4v) is 2.27. The topological polar surface area (TPSA) is 70.6 Å². The van der Waals surface area contributed by atoms with E-state index in [1.54, 1.807) is 26.2 Å². The molecule has 0 aliphatic rings. The van der Waals surface area contributed by atoms with Gasteiger partial charge in [0, 0.05) is 12.3 Å². The number of nitrogens with one attached hydrogen (secondary N) is 2. The van der Waals surface area contributed by atoms with Crippen molar-refractivity contribution in [1.29, 1.82) is 0 Å². The molecule has 0 fully saturated rings. The van der Waals surface area contributed by atoms with E-state index in [1.165, 1.54) is 11.8 Å². The number of thioether (sulfide) groups is 1. The third-order valence-electron chi connectivity index (χ3n) is 2.44. The summed E-state index contributed by atoms with van der Waals surface area (Å²) in [5.74, 6) is 1.15. The molecule has 0 heterocycles. The maximum Gasteiger partial charge on any atom is 0.319 e. The molecule has 0 aromatic heterocycles. The van der Waals surface area contributed by atoms with Gasteiger partial charge in [-0.15, -0.1) is 0 Å². The van der Waals surface area contributed by atoms with Gasteiger partial charge in [0.2, 0.25) is 0 Å². The lowest BCUT2D eigenvalue weighted by molar-refractivity contribution is 0.0876. The number of carbonyl (C=O) groups excluding carboxylic acids is 1. The molecule has 0 saturated carbocycles. The number of methoxy groups -OCH3 is 1. The molecular formula is C13H20N2O3S. The van der Waals surface area contributed by atoms with Gasteiger partial charge in [0.1, 0.15) is 5.75 Å². The largest absolute Gasteiger partial charge is 0.495 e. The first-order valence-electron chi connectivity index (χ1n) is 5.88. The van der Waals surface area contributed by atoms with Crippen molar-refractivity contribution in [2.75, 3.05) is 31.0 Å². The summed E-state index contributed by atoms with van der Waals surface area (Å²) < 4.78 is 5.13. The van der Waals surface area contributed by atoms with Crippen molar-refractivity contribution in [3.8, 4) is 5.75 Å². The molecule has 6 heteroatoms. The van der Waals surface area contributed by atoms with Crippen molar-refractivity contribution in [3.63, 3.8) is 0 Å². The molecule has 0 aliphatic heterocycles. The highest BCUT2D eigenvalue weighted by molar-refractivity contribution is 7.98. The first-order chi connectivity index (χ1) is 8.98. The van der Waals surface area contributed by atoms with Crippen LogP contribution >= 0.6 is 11.8 Å². The third kappa shape index (κ3) is 5.40. The summed E-state index contributed by atoms with van der Waals surface area (Å²) in [7, 11) is 1.54. The Labute approximate surface area is 117 Å². The zero-order chi connectivity index (χ0) is 14.3. The molecule has 0 bridgehead atoms. The van der Waals surface area contributed by atoms with Crippen LogP contribution < -0.4 is 15.4 Å². The quantitative estimate of drug-likeness (QED) is 0.746. The zero-order valence-electron chi connectivity index (χ0n) is 11.4. The second kappa shape index (κ2) is 7.25. The van der Waals surface area contributed by atoms with E-state index in [9.17, 15) is 9.90 Å². The van der Waals surface area contributed by atoms with Crippen LogP contribution in [0, 0.1) is 0 Å². The van der Waals surface area contributed by atoms with E-state index in [2.05, 4.69) is 10.6 Å². The number of urea groups is 1. The Hall–Kier alpha value is -1.40. The fourth-order valence-electron chi connectivity index (χ4n) is 1.55. The van der Waals surface area contributed by atoms with Gasteiger partial charge in [-0.2, -0.15) is 11.8 Å². The first kappa shape index (κ1) is 15.7. The number of rotatable bonds is 6. The van der Waals surface area contributed by atoms with Crippen LogP contribution in [0.25, 0.3) is 0 Å². The number of hydrogen-bond acceptors (Lipinski definition) is 4. The van der Waals surface area contributed by atoms with Gasteiger partial charge in [-0.1, -0.05) is 12.1 Å². The van der Waals surface area contributed by atoms with E-state index in [0.29, 0.717) is 17.2 Å². The number of hydrogen-bond donors (Lipinski definition) is 3. The number of carbonyl (C=O) groups is 1. The molecule has 1 aromatic rings. The van der Waals surface area contributed by atoms with Crippen LogP contribution in [-0.2, 0) is 0 Å². The van der Waals surface area contributed by atoms with Crippen LogP contribution in [-0.4, -0.2) is 42.4 Å². The van der Waals surface area contributed by atoms with E-state index >= 15 is 0 Å². The van der Waals surface area contributed by atoms with Crippen molar-refractivity contribution in [3.05, 3.63) is 24.3 Å². The van der Waals surface area contributed by atoms with Gasteiger partial charge in [-0.3, -0.25) is 0 Å². The van der Waals surface area contributed by atoms with Gasteiger partial charge < -0.3 is 20.5 Å². The highest BCUT2D eigenvalue weighted by Gasteiger charge is 2.20. The average molecular weight is 284 g/mol. The minimum atomic E-state index is -0.919.